The van der Waals surface area contributed by atoms with Crippen molar-refractivity contribution in [3.05, 3.63) is 107 Å². The largest absolute Gasteiger partial charge is 0.345 e. The molecule has 0 saturated carbocycles. The SMILES string of the molecule is O=C(NCc1nnc(SCc2ccncc2)n1Cc1ccccc1)c1ccc(F)cc1. The minimum absolute atomic E-state index is 0.214. The number of nitrogens with zero attached hydrogens (tertiary/aromatic N) is 4. The summed E-state index contributed by atoms with van der Waals surface area (Å²) in [7, 11) is 0. The quantitative estimate of drug-likeness (QED) is 0.424. The van der Waals surface area contributed by atoms with Crippen molar-refractivity contribution < 1.29 is 9.18 Å². The summed E-state index contributed by atoms with van der Waals surface area (Å²) in [6, 6.07) is 19.4. The van der Waals surface area contributed by atoms with E-state index in [0.717, 1.165) is 22.0 Å². The van der Waals surface area contributed by atoms with E-state index in [1.165, 1.54) is 24.3 Å². The summed E-state index contributed by atoms with van der Waals surface area (Å²) in [5.74, 6) is 0.712. The number of carbonyl (C=O) groups excluding carboxylic acids is 1. The lowest BCUT2D eigenvalue weighted by molar-refractivity contribution is 0.0949. The van der Waals surface area contributed by atoms with Gasteiger partial charge in [0.1, 0.15) is 5.82 Å². The van der Waals surface area contributed by atoms with Gasteiger partial charge >= 0.3 is 0 Å². The summed E-state index contributed by atoms with van der Waals surface area (Å²) in [4.78, 5) is 16.5. The topological polar surface area (TPSA) is 72.7 Å². The van der Waals surface area contributed by atoms with Crippen LogP contribution in [0.4, 0.5) is 4.39 Å². The molecule has 0 aliphatic rings. The normalized spacial score (nSPS) is 10.7. The number of nitrogens with one attached hydrogen (secondary N) is 1. The maximum absolute atomic E-state index is 13.1. The second-order valence-electron chi connectivity index (χ2n) is 6.80. The Morgan fingerprint density at radius 2 is 1.68 bits per heavy atom. The molecule has 4 rings (SSSR count). The average Bonchev–Trinajstić information content (AvgIpc) is 3.19. The van der Waals surface area contributed by atoms with E-state index in [4.69, 9.17) is 0 Å². The van der Waals surface area contributed by atoms with Gasteiger partial charge in [-0.3, -0.25) is 9.78 Å². The Balaban J connectivity index is 1.51. The number of benzene rings is 2. The standard InChI is InChI=1S/C23H20FN5OS/c24-20-8-6-19(7-9-20)22(30)26-14-21-27-28-23(31-16-18-10-12-25-13-11-18)29(21)15-17-4-2-1-3-5-17/h1-13H,14-16H2,(H,26,30). The van der Waals surface area contributed by atoms with Crippen molar-refractivity contribution in [2.24, 2.45) is 0 Å². The second-order valence-corrected chi connectivity index (χ2v) is 7.75. The minimum atomic E-state index is -0.380. The molecule has 8 heteroatoms. The first-order chi connectivity index (χ1) is 15.2. The van der Waals surface area contributed by atoms with Gasteiger partial charge in [0, 0.05) is 23.7 Å². The van der Waals surface area contributed by atoms with Crippen molar-refractivity contribution in [2.45, 2.75) is 24.0 Å². The van der Waals surface area contributed by atoms with Gasteiger partial charge in [0.15, 0.2) is 11.0 Å². The molecule has 2 aromatic heterocycles. The molecular formula is C23H20FN5OS. The molecule has 4 aromatic rings. The number of aromatic nitrogens is 4. The molecule has 0 aliphatic carbocycles. The number of thioether (sulfide) groups is 1. The highest BCUT2D eigenvalue weighted by atomic mass is 32.2. The summed E-state index contributed by atoms with van der Waals surface area (Å²) in [5, 5.41) is 12.3. The van der Waals surface area contributed by atoms with E-state index in [1.54, 1.807) is 24.2 Å². The molecule has 0 unspecified atom stereocenters. The van der Waals surface area contributed by atoms with Gasteiger partial charge in [-0.1, -0.05) is 42.1 Å². The van der Waals surface area contributed by atoms with Crippen molar-refractivity contribution >= 4 is 17.7 Å². The van der Waals surface area contributed by atoms with Gasteiger partial charge in [-0.2, -0.15) is 0 Å². The Kier molecular flexibility index (Phi) is 6.68. The van der Waals surface area contributed by atoms with Crippen LogP contribution in [0.3, 0.4) is 0 Å². The van der Waals surface area contributed by atoms with Crippen molar-refractivity contribution in [3.63, 3.8) is 0 Å². The highest BCUT2D eigenvalue weighted by Crippen LogP contribution is 2.23. The van der Waals surface area contributed by atoms with E-state index in [-0.39, 0.29) is 18.3 Å². The number of pyridine rings is 1. The summed E-state index contributed by atoms with van der Waals surface area (Å²) >= 11 is 1.58. The fraction of sp³-hybridized carbons (Fsp3) is 0.130. The molecule has 0 spiro atoms. The zero-order valence-corrected chi connectivity index (χ0v) is 17.4. The van der Waals surface area contributed by atoms with Crippen molar-refractivity contribution in [1.29, 1.82) is 0 Å². The monoisotopic (exact) mass is 433 g/mol. The Hall–Kier alpha value is -3.52. The van der Waals surface area contributed by atoms with Crippen LogP contribution in [0, 0.1) is 5.82 Å². The Morgan fingerprint density at radius 1 is 0.935 bits per heavy atom. The molecule has 0 atom stereocenters. The van der Waals surface area contributed by atoms with Gasteiger partial charge < -0.3 is 9.88 Å². The summed E-state index contributed by atoms with van der Waals surface area (Å²) in [6.07, 6.45) is 3.53. The second kappa shape index (κ2) is 9.99. The van der Waals surface area contributed by atoms with E-state index in [0.29, 0.717) is 17.9 Å². The summed E-state index contributed by atoms with van der Waals surface area (Å²) in [5.41, 5.74) is 2.64. The van der Waals surface area contributed by atoms with Crippen molar-refractivity contribution in [1.82, 2.24) is 25.1 Å². The third kappa shape index (κ3) is 5.55. The molecule has 2 heterocycles. The van der Waals surface area contributed by atoms with Crippen LogP contribution in [0.5, 0.6) is 0 Å². The molecule has 0 fully saturated rings. The summed E-state index contributed by atoms with van der Waals surface area (Å²) < 4.78 is 15.1. The first kappa shape index (κ1) is 20.7. The molecule has 0 radical (unpaired) electrons. The number of amides is 1. The maximum atomic E-state index is 13.1. The first-order valence-electron chi connectivity index (χ1n) is 9.70. The zero-order valence-electron chi connectivity index (χ0n) is 16.6. The van der Waals surface area contributed by atoms with Crippen LogP contribution in [-0.2, 0) is 18.8 Å². The third-order valence-corrected chi connectivity index (χ3v) is 5.65. The molecule has 156 valence electrons. The zero-order chi connectivity index (χ0) is 21.5. The minimum Gasteiger partial charge on any atom is -0.345 e. The fourth-order valence-corrected chi connectivity index (χ4v) is 3.88. The lowest BCUT2D eigenvalue weighted by Gasteiger charge is -2.11. The maximum Gasteiger partial charge on any atom is 0.251 e. The van der Waals surface area contributed by atoms with Crippen LogP contribution in [0.2, 0.25) is 0 Å². The van der Waals surface area contributed by atoms with Gasteiger partial charge in [0.05, 0.1) is 13.1 Å². The number of halogens is 1. The number of hydrogen-bond donors (Lipinski definition) is 1. The van der Waals surface area contributed by atoms with E-state index >= 15 is 0 Å². The number of hydrogen-bond acceptors (Lipinski definition) is 5. The smallest absolute Gasteiger partial charge is 0.251 e. The van der Waals surface area contributed by atoms with Crippen molar-refractivity contribution in [2.75, 3.05) is 0 Å². The average molecular weight is 434 g/mol. The van der Waals surface area contributed by atoms with Crippen LogP contribution < -0.4 is 5.32 Å². The molecule has 0 bridgehead atoms. The van der Waals surface area contributed by atoms with Gasteiger partial charge in [0.25, 0.3) is 5.91 Å². The number of carbonyl (C=O) groups is 1. The van der Waals surface area contributed by atoms with Crippen molar-refractivity contribution in [3.8, 4) is 0 Å². The van der Waals surface area contributed by atoms with Gasteiger partial charge in [-0.25, -0.2) is 4.39 Å². The Morgan fingerprint density at radius 3 is 2.42 bits per heavy atom. The van der Waals surface area contributed by atoms with Gasteiger partial charge in [-0.15, -0.1) is 10.2 Å². The molecule has 0 saturated heterocycles. The lowest BCUT2D eigenvalue weighted by Crippen LogP contribution is -2.25. The molecule has 6 nitrogen and oxygen atoms in total. The molecule has 1 amide bonds. The highest BCUT2D eigenvalue weighted by molar-refractivity contribution is 7.98. The van der Waals surface area contributed by atoms with Crippen LogP contribution >= 0.6 is 11.8 Å². The predicted molar refractivity (Wildman–Crippen MR) is 117 cm³/mol. The Bertz CT molecular complexity index is 1130. The van der Waals surface area contributed by atoms with Crippen LogP contribution in [0.25, 0.3) is 0 Å². The third-order valence-electron chi connectivity index (χ3n) is 4.61. The summed E-state index contributed by atoms with van der Waals surface area (Å²) in [6.45, 7) is 0.806. The van der Waals surface area contributed by atoms with E-state index in [2.05, 4.69) is 20.5 Å². The predicted octanol–water partition coefficient (Wildman–Crippen LogP) is 4.08. The fourth-order valence-electron chi connectivity index (χ4n) is 2.97. The molecule has 0 aliphatic heterocycles. The van der Waals surface area contributed by atoms with E-state index < -0.39 is 0 Å². The molecule has 1 N–H and O–H groups in total. The Labute approximate surface area is 183 Å². The van der Waals surface area contributed by atoms with E-state index in [9.17, 15) is 9.18 Å². The molecule has 2 aromatic carbocycles. The van der Waals surface area contributed by atoms with Crippen LogP contribution in [0.15, 0.2) is 84.3 Å². The molecule has 31 heavy (non-hydrogen) atoms. The van der Waals surface area contributed by atoms with Gasteiger partial charge in [0.2, 0.25) is 0 Å². The molecular weight excluding hydrogens is 413 g/mol. The number of rotatable bonds is 8. The lowest BCUT2D eigenvalue weighted by atomic mass is 10.2. The van der Waals surface area contributed by atoms with E-state index in [1.807, 2.05) is 47.0 Å². The highest BCUT2D eigenvalue weighted by Gasteiger charge is 2.15. The van der Waals surface area contributed by atoms with Gasteiger partial charge in [-0.05, 0) is 47.5 Å². The first-order valence-corrected chi connectivity index (χ1v) is 10.7. The van der Waals surface area contributed by atoms with Crippen LogP contribution in [-0.4, -0.2) is 25.7 Å². The van der Waals surface area contributed by atoms with Crippen LogP contribution in [0.1, 0.15) is 27.3 Å².